The molecular weight excluding hydrogens is 493 g/mol. The normalized spacial score (nSPS) is 17.8. The summed E-state index contributed by atoms with van der Waals surface area (Å²) in [6.07, 6.45) is 0.000228. The number of rotatable bonds is 5. The summed E-state index contributed by atoms with van der Waals surface area (Å²) in [6, 6.07) is 13.5. The van der Waals surface area contributed by atoms with E-state index in [1.807, 2.05) is 24.3 Å². The fourth-order valence-corrected chi connectivity index (χ4v) is 4.01. The van der Waals surface area contributed by atoms with Crippen LogP contribution in [0.3, 0.4) is 0 Å². The first-order valence-corrected chi connectivity index (χ1v) is 10.2. The van der Waals surface area contributed by atoms with E-state index in [0.29, 0.717) is 10.9 Å². The molecule has 0 aromatic heterocycles. The minimum Gasteiger partial charge on any atom is -0.478 e. The second-order valence-corrected chi connectivity index (χ2v) is 8.42. The molecule has 9 heteroatoms. The monoisotopic (exact) mass is 509 g/mol. The zero-order chi connectivity index (χ0) is 20.3. The molecule has 0 saturated carbocycles. The number of carboxylic acids is 1. The predicted molar refractivity (Wildman–Crippen MR) is 117 cm³/mol. The summed E-state index contributed by atoms with van der Waals surface area (Å²) < 4.78 is 1.09. The summed E-state index contributed by atoms with van der Waals surface area (Å²) >= 11 is 3.46. The smallest absolute Gasteiger partial charge is 0.335 e. The number of anilines is 1. The van der Waals surface area contributed by atoms with Crippen LogP contribution in [0.25, 0.3) is 0 Å². The Kier molecular flexibility index (Phi) is 6.35. The van der Waals surface area contributed by atoms with Crippen molar-refractivity contribution in [3.05, 3.63) is 57.7 Å². The van der Waals surface area contributed by atoms with Gasteiger partial charge in [-0.25, -0.2) is 9.79 Å². The topological polar surface area (TPSA) is 99.1 Å². The molecule has 1 heterocycles. The largest absolute Gasteiger partial charge is 0.478 e. The number of amides is 2. The number of nitrogens with zero attached hydrogens (tertiary/aromatic N) is 2. The minimum absolute atomic E-state index is 0.000228. The number of amidine groups is 1. The number of thioether (sulfide) groups is 1. The van der Waals surface area contributed by atoms with Gasteiger partial charge >= 0.3 is 5.97 Å². The van der Waals surface area contributed by atoms with Crippen LogP contribution in [-0.4, -0.2) is 45.3 Å². The van der Waals surface area contributed by atoms with Crippen LogP contribution in [0.2, 0.25) is 0 Å². The Morgan fingerprint density at radius 1 is 1.18 bits per heavy atom. The number of aromatic carboxylic acids is 1. The highest BCUT2D eigenvalue weighted by atomic mass is 127. The van der Waals surface area contributed by atoms with Gasteiger partial charge in [0.1, 0.15) is 5.25 Å². The van der Waals surface area contributed by atoms with Crippen molar-refractivity contribution >= 4 is 68.7 Å². The fourth-order valence-electron chi connectivity index (χ4n) is 2.50. The number of hydrogen-bond acceptors (Lipinski definition) is 5. The molecular formula is C19H16IN3O4S. The van der Waals surface area contributed by atoms with E-state index in [0.717, 1.165) is 9.26 Å². The maximum absolute atomic E-state index is 12.4. The summed E-state index contributed by atoms with van der Waals surface area (Å²) in [5, 5.41) is 11.6. The second-order valence-electron chi connectivity index (χ2n) is 6.01. The average molecular weight is 509 g/mol. The van der Waals surface area contributed by atoms with Crippen molar-refractivity contribution in [2.24, 2.45) is 4.99 Å². The van der Waals surface area contributed by atoms with Gasteiger partial charge in [0.2, 0.25) is 11.8 Å². The van der Waals surface area contributed by atoms with Gasteiger partial charge in [0, 0.05) is 22.7 Å². The molecule has 7 nitrogen and oxygen atoms in total. The number of halogens is 1. The molecule has 1 atom stereocenters. The molecule has 2 aromatic carbocycles. The van der Waals surface area contributed by atoms with Gasteiger partial charge in [0.05, 0.1) is 11.3 Å². The summed E-state index contributed by atoms with van der Waals surface area (Å²) in [5.41, 5.74) is 1.36. The maximum Gasteiger partial charge on any atom is 0.335 e. The van der Waals surface area contributed by atoms with E-state index in [2.05, 4.69) is 32.9 Å². The molecule has 0 bridgehead atoms. The number of hydrogen-bond donors (Lipinski definition) is 2. The van der Waals surface area contributed by atoms with Crippen molar-refractivity contribution in [2.75, 3.05) is 12.4 Å². The molecule has 2 aromatic rings. The Labute approximate surface area is 179 Å². The predicted octanol–water partition coefficient (Wildman–Crippen LogP) is 3.58. The van der Waals surface area contributed by atoms with Crippen molar-refractivity contribution in [2.45, 2.75) is 11.7 Å². The van der Waals surface area contributed by atoms with E-state index >= 15 is 0 Å². The van der Waals surface area contributed by atoms with Crippen LogP contribution in [0, 0.1) is 3.57 Å². The zero-order valence-electron chi connectivity index (χ0n) is 14.8. The van der Waals surface area contributed by atoms with Crippen molar-refractivity contribution in [3.8, 4) is 0 Å². The molecule has 1 fully saturated rings. The summed E-state index contributed by atoms with van der Waals surface area (Å²) in [5.74, 6) is -1.53. The van der Waals surface area contributed by atoms with Crippen molar-refractivity contribution < 1.29 is 19.5 Å². The lowest BCUT2D eigenvalue weighted by Crippen LogP contribution is -2.30. The Bertz CT molecular complexity index is 945. The summed E-state index contributed by atoms with van der Waals surface area (Å²) in [7, 11) is 1.64. The molecule has 0 radical (unpaired) electrons. The Morgan fingerprint density at radius 3 is 2.43 bits per heavy atom. The molecule has 2 N–H and O–H groups in total. The Hall–Kier alpha value is -2.40. The van der Waals surface area contributed by atoms with Gasteiger partial charge in [-0.05, 0) is 71.1 Å². The highest BCUT2D eigenvalue weighted by molar-refractivity contribution is 14.1. The van der Waals surface area contributed by atoms with Crippen LogP contribution in [-0.2, 0) is 9.59 Å². The lowest BCUT2D eigenvalue weighted by Gasteiger charge is -2.09. The van der Waals surface area contributed by atoms with E-state index in [1.54, 1.807) is 7.05 Å². The first-order chi connectivity index (χ1) is 13.3. The van der Waals surface area contributed by atoms with Gasteiger partial charge in [-0.3, -0.25) is 14.5 Å². The minimum atomic E-state index is -1.03. The summed E-state index contributed by atoms with van der Waals surface area (Å²) in [6.45, 7) is 0. The molecule has 2 amide bonds. The third kappa shape index (κ3) is 4.90. The Balaban J connectivity index is 1.63. The van der Waals surface area contributed by atoms with Gasteiger partial charge in [-0.1, -0.05) is 11.8 Å². The van der Waals surface area contributed by atoms with Crippen LogP contribution in [0.1, 0.15) is 16.8 Å². The van der Waals surface area contributed by atoms with Gasteiger partial charge in [-0.15, -0.1) is 0 Å². The van der Waals surface area contributed by atoms with Gasteiger partial charge < -0.3 is 10.4 Å². The van der Waals surface area contributed by atoms with Crippen molar-refractivity contribution in [3.63, 3.8) is 0 Å². The number of aliphatic imine (C=N–C) groups is 1. The fraction of sp³-hybridized carbons (Fsp3) is 0.158. The zero-order valence-corrected chi connectivity index (χ0v) is 17.7. The first-order valence-electron chi connectivity index (χ1n) is 8.25. The number of carboxylic acid groups (broad SMARTS) is 1. The van der Waals surface area contributed by atoms with Crippen LogP contribution in [0.5, 0.6) is 0 Å². The van der Waals surface area contributed by atoms with E-state index in [1.165, 1.54) is 40.9 Å². The van der Waals surface area contributed by atoms with E-state index in [9.17, 15) is 14.4 Å². The van der Waals surface area contributed by atoms with Crippen LogP contribution < -0.4 is 5.32 Å². The molecule has 144 valence electrons. The second kappa shape index (κ2) is 8.74. The highest BCUT2D eigenvalue weighted by Gasteiger charge is 2.37. The molecule has 0 aliphatic carbocycles. The highest BCUT2D eigenvalue weighted by Crippen LogP contribution is 2.31. The van der Waals surface area contributed by atoms with Gasteiger partial charge in [-0.2, -0.15) is 0 Å². The summed E-state index contributed by atoms with van der Waals surface area (Å²) in [4.78, 5) is 41.6. The van der Waals surface area contributed by atoms with Gasteiger partial charge in [0.15, 0.2) is 5.17 Å². The Morgan fingerprint density at radius 2 is 1.82 bits per heavy atom. The molecule has 3 rings (SSSR count). The van der Waals surface area contributed by atoms with Crippen LogP contribution >= 0.6 is 34.4 Å². The standard InChI is InChI=1S/C19H16IN3O4S/c1-23-17(25)15(28-19(23)22-14-8-4-12(20)5-9-14)10-16(24)21-13-6-2-11(3-7-13)18(26)27/h2-9,15H,10H2,1H3,(H,21,24)(H,26,27). The third-order valence-electron chi connectivity index (χ3n) is 3.98. The van der Waals surface area contributed by atoms with Crippen molar-refractivity contribution in [1.29, 1.82) is 0 Å². The molecule has 1 unspecified atom stereocenters. The molecule has 1 aliphatic heterocycles. The molecule has 1 aliphatic rings. The van der Waals surface area contributed by atoms with E-state index in [4.69, 9.17) is 5.11 Å². The van der Waals surface area contributed by atoms with E-state index in [-0.39, 0.29) is 23.8 Å². The lowest BCUT2D eigenvalue weighted by atomic mass is 10.2. The maximum atomic E-state index is 12.4. The molecule has 0 spiro atoms. The van der Waals surface area contributed by atoms with Gasteiger partial charge in [0.25, 0.3) is 0 Å². The van der Waals surface area contributed by atoms with Crippen molar-refractivity contribution in [1.82, 2.24) is 4.90 Å². The SMILES string of the molecule is CN1C(=O)C(CC(=O)Nc2ccc(C(=O)O)cc2)SC1=Nc1ccc(I)cc1. The first kappa shape index (κ1) is 20.3. The van der Waals surface area contributed by atoms with E-state index < -0.39 is 11.2 Å². The average Bonchev–Trinajstić information content (AvgIpc) is 2.92. The number of carbonyl (C=O) groups is 3. The quantitative estimate of drug-likeness (QED) is 0.601. The number of benzene rings is 2. The molecule has 1 saturated heterocycles. The van der Waals surface area contributed by atoms with Crippen LogP contribution in [0.4, 0.5) is 11.4 Å². The number of nitrogens with one attached hydrogen (secondary N) is 1. The molecule has 28 heavy (non-hydrogen) atoms. The third-order valence-corrected chi connectivity index (χ3v) is 5.93. The number of carbonyl (C=O) groups excluding carboxylic acids is 2. The van der Waals surface area contributed by atoms with Crippen LogP contribution in [0.15, 0.2) is 53.5 Å². The lowest BCUT2D eigenvalue weighted by molar-refractivity contribution is -0.127.